The van der Waals surface area contributed by atoms with Gasteiger partial charge in [-0.05, 0) is 30.7 Å². The van der Waals surface area contributed by atoms with E-state index in [4.69, 9.17) is 9.47 Å². The number of aliphatic hydroxyl groups is 1. The van der Waals surface area contributed by atoms with Gasteiger partial charge in [0.15, 0.2) is 11.5 Å². The Hall–Kier alpha value is -3.58. The summed E-state index contributed by atoms with van der Waals surface area (Å²) in [4.78, 5) is 12.9. The highest BCUT2D eigenvalue weighted by molar-refractivity contribution is 5.65. The first-order valence-electron chi connectivity index (χ1n) is 9.32. The molecule has 1 aliphatic heterocycles. The monoisotopic (exact) mass is 389 g/mol. The van der Waals surface area contributed by atoms with Crippen molar-refractivity contribution < 1.29 is 14.6 Å². The number of hydrogen-bond acceptors (Lipinski definition) is 5. The van der Waals surface area contributed by atoms with Crippen molar-refractivity contribution >= 4 is 5.52 Å². The fraction of sp³-hybridized carbons (Fsp3) is 0.182. The lowest BCUT2D eigenvalue weighted by Gasteiger charge is -2.13. The molecule has 3 heterocycles. The van der Waals surface area contributed by atoms with Crippen molar-refractivity contribution in [2.45, 2.75) is 19.6 Å². The van der Waals surface area contributed by atoms with Gasteiger partial charge in [-0.2, -0.15) is 5.10 Å². The van der Waals surface area contributed by atoms with Gasteiger partial charge >= 0.3 is 0 Å². The van der Waals surface area contributed by atoms with E-state index in [0.717, 1.165) is 16.8 Å². The van der Waals surface area contributed by atoms with E-state index >= 15 is 0 Å². The van der Waals surface area contributed by atoms with Gasteiger partial charge in [0.1, 0.15) is 5.52 Å². The Bertz CT molecular complexity index is 1260. The van der Waals surface area contributed by atoms with Crippen LogP contribution < -0.4 is 15.0 Å². The van der Waals surface area contributed by atoms with Gasteiger partial charge in [0.2, 0.25) is 6.79 Å². The van der Waals surface area contributed by atoms with Gasteiger partial charge in [0.05, 0.1) is 18.3 Å². The van der Waals surface area contributed by atoms with Crippen LogP contribution in [0.4, 0.5) is 0 Å². The summed E-state index contributed by atoms with van der Waals surface area (Å²) in [7, 11) is 0. The molecule has 0 amide bonds. The minimum Gasteiger partial charge on any atom is -0.454 e. The maximum absolute atomic E-state index is 12.9. The first-order valence-corrected chi connectivity index (χ1v) is 9.32. The van der Waals surface area contributed by atoms with Crippen LogP contribution in [0.3, 0.4) is 0 Å². The molecular formula is C22H19N3O4. The molecule has 0 saturated carbocycles. The van der Waals surface area contributed by atoms with E-state index in [0.29, 0.717) is 22.6 Å². The van der Waals surface area contributed by atoms with Gasteiger partial charge in [-0.1, -0.05) is 35.9 Å². The molecule has 0 fully saturated rings. The number of ether oxygens (including phenoxy) is 2. The zero-order valence-electron chi connectivity index (χ0n) is 15.8. The van der Waals surface area contributed by atoms with Crippen LogP contribution in [0, 0.1) is 6.92 Å². The van der Waals surface area contributed by atoms with Crippen LogP contribution in [0.2, 0.25) is 0 Å². The van der Waals surface area contributed by atoms with Crippen molar-refractivity contribution in [3.8, 4) is 22.8 Å². The molecule has 7 nitrogen and oxygen atoms in total. The molecule has 0 bridgehead atoms. The van der Waals surface area contributed by atoms with E-state index in [9.17, 15) is 9.90 Å². The Morgan fingerprint density at radius 1 is 1.07 bits per heavy atom. The molecule has 2 aromatic heterocycles. The highest BCUT2D eigenvalue weighted by atomic mass is 16.7. The van der Waals surface area contributed by atoms with E-state index < -0.39 is 6.10 Å². The lowest BCUT2D eigenvalue weighted by molar-refractivity contribution is 0.154. The summed E-state index contributed by atoms with van der Waals surface area (Å²) < 4.78 is 13.7. The number of benzene rings is 2. The van der Waals surface area contributed by atoms with E-state index in [-0.39, 0.29) is 18.9 Å². The molecule has 1 atom stereocenters. The zero-order valence-corrected chi connectivity index (χ0v) is 15.8. The molecule has 5 rings (SSSR count). The largest absolute Gasteiger partial charge is 0.454 e. The third kappa shape index (κ3) is 3.15. The van der Waals surface area contributed by atoms with Crippen LogP contribution in [-0.2, 0) is 6.54 Å². The molecule has 7 heteroatoms. The molecule has 0 radical (unpaired) electrons. The highest BCUT2D eigenvalue weighted by Crippen LogP contribution is 2.34. The number of hydrogen-bond donors (Lipinski definition) is 1. The average Bonchev–Trinajstić information content (AvgIpc) is 3.37. The van der Waals surface area contributed by atoms with Crippen LogP contribution in [0.1, 0.15) is 17.2 Å². The Kier molecular flexibility index (Phi) is 4.10. The van der Waals surface area contributed by atoms with Crippen molar-refractivity contribution in [3.63, 3.8) is 0 Å². The molecule has 29 heavy (non-hydrogen) atoms. The second-order valence-corrected chi connectivity index (χ2v) is 7.11. The third-order valence-corrected chi connectivity index (χ3v) is 5.10. The number of nitrogens with zero attached hydrogens (tertiary/aromatic N) is 3. The third-order valence-electron chi connectivity index (χ3n) is 5.10. The Morgan fingerprint density at radius 3 is 2.69 bits per heavy atom. The van der Waals surface area contributed by atoms with E-state index in [1.807, 2.05) is 31.2 Å². The lowest BCUT2D eigenvalue weighted by Crippen LogP contribution is -2.24. The van der Waals surface area contributed by atoms with Crippen LogP contribution in [-0.4, -0.2) is 26.1 Å². The lowest BCUT2D eigenvalue weighted by atomic mass is 10.1. The first kappa shape index (κ1) is 17.5. The summed E-state index contributed by atoms with van der Waals surface area (Å²) in [5, 5.41) is 15.1. The highest BCUT2D eigenvalue weighted by Gasteiger charge is 2.18. The summed E-state index contributed by atoms with van der Waals surface area (Å²) in [5.41, 5.74) is 3.76. The number of aliphatic hydroxyl groups excluding tert-OH is 1. The standard InChI is InChI=1S/C22H19N3O4/c1-14-2-4-15(5-3-14)17-11-18-22(27)24(8-9-25(18)23-17)12-19(26)16-6-7-20-21(10-16)29-13-28-20/h2-11,19,26H,12-13H2,1H3. The second kappa shape index (κ2) is 6.79. The molecule has 0 aliphatic carbocycles. The molecule has 2 aromatic carbocycles. The van der Waals surface area contributed by atoms with Crippen LogP contribution in [0.5, 0.6) is 11.5 Å². The molecule has 4 aromatic rings. The minimum absolute atomic E-state index is 0.125. The predicted molar refractivity (Wildman–Crippen MR) is 107 cm³/mol. The van der Waals surface area contributed by atoms with Gasteiger partial charge < -0.3 is 19.1 Å². The molecule has 1 N–H and O–H groups in total. The van der Waals surface area contributed by atoms with Crippen LogP contribution >= 0.6 is 0 Å². The van der Waals surface area contributed by atoms with Crippen LogP contribution in [0.15, 0.2) is 65.7 Å². The fourth-order valence-corrected chi connectivity index (χ4v) is 3.45. The second-order valence-electron chi connectivity index (χ2n) is 7.11. The fourth-order valence-electron chi connectivity index (χ4n) is 3.45. The topological polar surface area (TPSA) is 78.0 Å². The number of fused-ring (bicyclic) bond motifs is 2. The van der Waals surface area contributed by atoms with E-state index in [2.05, 4.69) is 5.10 Å². The SMILES string of the molecule is Cc1ccc(-c2cc3c(=O)n(CC(O)c4ccc5c(c4)OCO5)ccn3n2)cc1. The molecular weight excluding hydrogens is 370 g/mol. The van der Waals surface area contributed by atoms with Crippen molar-refractivity contribution in [2.75, 3.05) is 6.79 Å². The Morgan fingerprint density at radius 2 is 1.86 bits per heavy atom. The van der Waals surface area contributed by atoms with Gasteiger partial charge in [-0.25, -0.2) is 4.52 Å². The smallest absolute Gasteiger partial charge is 0.276 e. The predicted octanol–water partition coefficient (Wildman–Crippen LogP) is 2.93. The van der Waals surface area contributed by atoms with Gasteiger partial charge in [0.25, 0.3) is 5.56 Å². The molecule has 146 valence electrons. The Labute approximate surface area is 166 Å². The number of aromatic nitrogens is 3. The van der Waals surface area contributed by atoms with Crippen molar-refractivity contribution in [3.05, 3.63) is 82.4 Å². The molecule has 0 saturated heterocycles. The van der Waals surface area contributed by atoms with E-state index in [1.165, 1.54) is 4.57 Å². The minimum atomic E-state index is -0.857. The van der Waals surface area contributed by atoms with Crippen molar-refractivity contribution in [1.29, 1.82) is 0 Å². The van der Waals surface area contributed by atoms with E-state index in [1.54, 1.807) is 41.2 Å². The maximum atomic E-state index is 12.9. The maximum Gasteiger partial charge on any atom is 0.276 e. The summed E-state index contributed by atoms with van der Waals surface area (Å²) >= 11 is 0. The number of rotatable bonds is 4. The normalized spacial score (nSPS) is 13.7. The van der Waals surface area contributed by atoms with Crippen molar-refractivity contribution in [2.24, 2.45) is 0 Å². The molecule has 0 spiro atoms. The van der Waals surface area contributed by atoms with Gasteiger partial charge in [0, 0.05) is 18.0 Å². The van der Waals surface area contributed by atoms with Crippen molar-refractivity contribution in [1.82, 2.24) is 14.2 Å². The summed E-state index contributed by atoms with van der Waals surface area (Å²) in [6.45, 7) is 2.33. The molecule has 1 aliphatic rings. The Balaban J connectivity index is 1.45. The van der Waals surface area contributed by atoms with Gasteiger partial charge in [-0.3, -0.25) is 4.79 Å². The number of aryl methyl sites for hydroxylation is 1. The average molecular weight is 389 g/mol. The molecule has 1 unspecified atom stereocenters. The summed E-state index contributed by atoms with van der Waals surface area (Å²) in [5.74, 6) is 1.25. The van der Waals surface area contributed by atoms with Gasteiger partial charge in [-0.15, -0.1) is 0 Å². The summed E-state index contributed by atoms with van der Waals surface area (Å²) in [6.07, 6.45) is 2.50. The zero-order chi connectivity index (χ0) is 20.0. The quantitative estimate of drug-likeness (QED) is 0.581. The van der Waals surface area contributed by atoms with Crippen LogP contribution in [0.25, 0.3) is 16.8 Å². The summed E-state index contributed by atoms with van der Waals surface area (Å²) in [6, 6.07) is 15.0. The first-order chi connectivity index (χ1) is 14.1.